The summed E-state index contributed by atoms with van der Waals surface area (Å²) in [5.74, 6) is 1.93. The Morgan fingerprint density at radius 2 is 2.17 bits per heavy atom. The van der Waals surface area contributed by atoms with Crippen molar-refractivity contribution in [2.24, 2.45) is 13.0 Å². The van der Waals surface area contributed by atoms with Gasteiger partial charge in [0.2, 0.25) is 0 Å². The predicted octanol–water partition coefficient (Wildman–Crippen LogP) is 1.90. The van der Waals surface area contributed by atoms with Crippen LogP contribution in [0.1, 0.15) is 24.5 Å². The van der Waals surface area contributed by atoms with E-state index >= 15 is 0 Å². The number of rotatable bonds is 4. The molecular formula is C21H29N5O3. The normalized spacial score (nSPS) is 29.2. The minimum Gasteiger partial charge on any atom is -0.463 e. The smallest absolute Gasteiger partial charge is 0.317 e. The summed E-state index contributed by atoms with van der Waals surface area (Å²) in [6, 6.07) is 6.50. The van der Waals surface area contributed by atoms with Gasteiger partial charge in [-0.2, -0.15) is 5.10 Å². The van der Waals surface area contributed by atoms with Crippen LogP contribution in [0.5, 0.6) is 0 Å². The molecule has 6 heterocycles. The fourth-order valence-electron chi connectivity index (χ4n) is 5.14. The van der Waals surface area contributed by atoms with Crippen molar-refractivity contribution in [2.45, 2.75) is 24.8 Å². The number of amides is 2. The standard InChI is InChI=1S/C21H29N5O3/c1-24-19(12-18(23-24)20-3-2-8-29-20)17-14-26-5-4-15(17)11-16(26)13-22-21(27)25-6-9-28-10-7-25/h2-3,8,12,15-17H,4-7,9-11,13-14H2,1H3,(H,22,27)/t15-,16+,17+/m0/s1. The van der Waals surface area contributed by atoms with Crippen molar-refractivity contribution >= 4 is 6.03 Å². The van der Waals surface area contributed by atoms with E-state index in [1.54, 1.807) is 6.26 Å². The number of furan rings is 1. The number of piperidine rings is 3. The molecule has 1 N–H and O–H groups in total. The minimum atomic E-state index is 0.0437. The molecule has 4 fully saturated rings. The highest BCUT2D eigenvalue weighted by atomic mass is 16.5. The highest BCUT2D eigenvalue weighted by molar-refractivity contribution is 5.74. The number of nitrogens with zero attached hydrogens (tertiary/aromatic N) is 4. The lowest BCUT2D eigenvalue weighted by molar-refractivity contribution is 0.0265. The molecule has 2 aromatic rings. The molecule has 156 valence electrons. The van der Waals surface area contributed by atoms with Crippen molar-refractivity contribution in [3.05, 3.63) is 30.2 Å². The van der Waals surface area contributed by atoms with Crippen LogP contribution >= 0.6 is 0 Å². The van der Waals surface area contributed by atoms with E-state index < -0.39 is 0 Å². The van der Waals surface area contributed by atoms with Gasteiger partial charge in [0.15, 0.2) is 5.76 Å². The highest BCUT2D eigenvalue weighted by Crippen LogP contribution is 2.42. The molecule has 2 bridgehead atoms. The van der Waals surface area contributed by atoms with Gasteiger partial charge in [0.25, 0.3) is 0 Å². The van der Waals surface area contributed by atoms with Crippen LogP contribution in [0.15, 0.2) is 28.9 Å². The summed E-state index contributed by atoms with van der Waals surface area (Å²) in [5, 5.41) is 7.83. The molecular weight excluding hydrogens is 370 g/mol. The van der Waals surface area contributed by atoms with Gasteiger partial charge >= 0.3 is 6.03 Å². The second-order valence-corrected chi connectivity index (χ2v) is 8.38. The first kappa shape index (κ1) is 18.7. The number of carbonyl (C=O) groups excluding carboxylic acids is 1. The molecule has 2 amide bonds. The van der Waals surface area contributed by atoms with E-state index in [4.69, 9.17) is 9.15 Å². The second kappa shape index (κ2) is 7.84. The largest absolute Gasteiger partial charge is 0.463 e. The third-order valence-electron chi connectivity index (χ3n) is 6.74. The van der Waals surface area contributed by atoms with Crippen LogP contribution in [0, 0.1) is 5.92 Å². The molecule has 4 aliphatic heterocycles. The molecule has 0 spiro atoms. The summed E-state index contributed by atoms with van der Waals surface area (Å²) < 4.78 is 12.9. The first-order valence-corrected chi connectivity index (χ1v) is 10.6. The summed E-state index contributed by atoms with van der Waals surface area (Å²) in [6.07, 6.45) is 4.02. The molecule has 1 unspecified atom stereocenters. The third-order valence-corrected chi connectivity index (χ3v) is 6.74. The molecule has 0 saturated carbocycles. The van der Waals surface area contributed by atoms with E-state index in [9.17, 15) is 4.79 Å². The lowest BCUT2D eigenvalue weighted by atomic mass is 9.74. The van der Waals surface area contributed by atoms with Crippen molar-refractivity contribution in [3.63, 3.8) is 0 Å². The molecule has 6 rings (SSSR count). The number of fused-ring (bicyclic) bond motifs is 3. The minimum absolute atomic E-state index is 0.0437. The fourth-order valence-corrected chi connectivity index (χ4v) is 5.14. The van der Waals surface area contributed by atoms with Gasteiger partial charge in [0, 0.05) is 50.9 Å². The van der Waals surface area contributed by atoms with Gasteiger partial charge in [0.1, 0.15) is 5.69 Å². The van der Waals surface area contributed by atoms with Crippen LogP contribution in [-0.4, -0.2) is 77.6 Å². The lowest BCUT2D eigenvalue weighted by Gasteiger charge is -2.50. The van der Waals surface area contributed by atoms with E-state index in [0.29, 0.717) is 44.2 Å². The number of carbonyl (C=O) groups is 1. The highest BCUT2D eigenvalue weighted by Gasteiger charge is 2.42. The molecule has 2 aromatic heterocycles. The predicted molar refractivity (Wildman–Crippen MR) is 108 cm³/mol. The van der Waals surface area contributed by atoms with Crippen LogP contribution < -0.4 is 5.32 Å². The molecule has 0 aliphatic carbocycles. The Kier molecular flexibility index (Phi) is 5.05. The van der Waals surface area contributed by atoms with E-state index in [-0.39, 0.29) is 6.03 Å². The van der Waals surface area contributed by atoms with Crippen LogP contribution in [0.3, 0.4) is 0 Å². The summed E-state index contributed by atoms with van der Waals surface area (Å²) in [7, 11) is 2.03. The maximum absolute atomic E-state index is 12.4. The van der Waals surface area contributed by atoms with Gasteiger partial charge < -0.3 is 19.4 Å². The molecule has 0 radical (unpaired) electrons. The van der Waals surface area contributed by atoms with Crippen LogP contribution in [0.25, 0.3) is 11.5 Å². The van der Waals surface area contributed by atoms with Crippen molar-refractivity contribution in [1.29, 1.82) is 0 Å². The van der Waals surface area contributed by atoms with Gasteiger partial charge in [0.05, 0.1) is 19.5 Å². The third kappa shape index (κ3) is 3.67. The van der Waals surface area contributed by atoms with Crippen LogP contribution in [0.4, 0.5) is 4.79 Å². The Morgan fingerprint density at radius 1 is 1.31 bits per heavy atom. The Morgan fingerprint density at radius 3 is 2.90 bits per heavy atom. The summed E-state index contributed by atoms with van der Waals surface area (Å²) >= 11 is 0. The van der Waals surface area contributed by atoms with Gasteiger partial charge in [-0.15, -0.1) is 0 Å². The number of aromatic nitrogens is 2. The first-order chi connectivity index (χ1) is 14.2. The Balaban J connectivity index is 1.22. The topological polar surface area (TPSA) is 75.8 Å². The molecule has 29 heavy (non-hydrogen) atoms. The van der Waals surface area contributed by atoms with Crippen molar-refractivity contribution < 1.29 is 13.9 Å². The van der Waals surface area contributed by atoms with Gasteiger partial charge in [-0.05, 0) is 43.5 Å². The van der Waals surface area contributed by atoms with E-state index in [1.807, 2.05) is 28.8 Å². The number of morpholine rings is 1. The van der Waals surface area contributed by atoms with Gasteiger partial charge in [-0.1, -0.05) is 0 Å². The van der Waals surface area contributed by atoms with Crippen molar-refractivity contribution in [2.75, 3.05) is 45.9 Å². The zero-order chi connectivity index (χ0) is 19.8. The SMILES string of the molecule is Cn1nc(-c2ccco2)cc1[C@@H]1CN2CC[C@H]1C[C@@H]2CNC(=O)N1CCOCC1. The zero-order valence-electron chi connectivity index (χ0n) is 16.9. The monoisotopic (exact) mass is 399 g/mol. The number of urea groups is 1. The lowest BCUT2D eigenvalue weighted by Crippen LogP contribution is -2.57. The molecule has 8 nitrogen and oxygen atoms in total. The second-order valence-electron chi connectivity index (χ2n) is 8.38. The average Bonchev–Trinajstić information content (AvgIpc) is 3.43. The maximum atomic E-state index is 12.4. The average molecular weight is 399 g/mol. The van der Waals surface area contributed by atoms with Crippen molar-refractivity contribution in [1.82, 2.24) is 24.9 Å². The van der Waals surface area contributed by atoms with Crippen LogP contribution in [-0.2, 0) is 11.8 Å². The first-order valence-electron chi connectivity index (χ1n) is 10.6. The number of hydrogen-bond acceptors (Lipinski definition) is 5. The van der Waals surface area contributed by atoms with E-state index in [1.165, 1.54) is 12.1 Å². The molecule has 8 heteroatoms. The number of aryl methyl sites for hydroxylation is 1. The van der Waals surface area contributed by atoms with Crippen LogP contribution in [0.2, 0.25) is 0 Å². The number of hydrogen-bond donors (Lipinski definition) is 1. The van der Waals surface area contributed by atoms with E-state index in [0.717, 1.165) is 37.5 Å². The molecule has 4 atom stereocenters. The van der Waals surface area contributed by atoms with Gasteiger partial charge in [-0.25, -0.2) is 4.79 Å². The molecule has 4 aliphatic rings. The van der Waals surface area contributed by atoms with Crippen molar-refractivity contribution in [3.8, 4) is 11.5 Å². The molecule has 4 saturated heterocycles. The quantitative estimate of drug-likeness (QED) is 0.850. The maximum Gasteiger partial charge on any atom is 0.317 e. The summed E-state index contributed by atoms with van der Waals surface area (Å²) in [4.78, 5) is 16.8. The Labute approximate surface area is 170 Å². The Bertz CT molecular complexity index is 843. The van der Waals surface area contributed by atoms with Gasteiger partial charge in [-0.3, -0.25) is 9.58 Å². The zero-order valence-corrected chi connectivity index (χ0v) is 16.9. The fraction of sp³-hybridized carbons (Fsp3) is 0.619. The Hall–Kier alpha value is -2.32. The molecule has 0 aromatic carbocycles. The summed E-state index contributed by atoms with van der Waals surface area (Å²) in [6.45, 7) is 5.51. The number of ether oxygens (including phenoxy) is 1. The number of nitrogens with one attached hydrogen (secondary N) is 1. The van der Waals surface area contributed by atoms with E-state index in [2.05, 4.69) is 21.4 Å². The summed E-state index contributed by atoms with van der Waals surface area (Å²) in [5.41, 5.74) is 2.18.